The van der Waals surface area contributed by atoms with Crippen molar-refractivity contribution in [3.05, 3.63) is 52.8 Å². The number of rotatable bonds is 12. The molecule has 2 atom stereocenters. The first-order valence-corrected chi connectivity index (χ1v) is 13.1. The number of amides is 4. The van der Waals surface area contributed by atoms with E-state index in [0.717, 1.165) is 22.8 Å². The van der Waals surface area contributed by atoms with Crippen LogP contribution < -0.4 is 5.32 Å². The minimum absolute atomic E-state index is 0.105. The van der Waals surface area contributed by atoms with Crippen molar-refractivity contribution in [1.29, 1.82) is 0 Å². The maximum absolute atomic E-state index is 13.1. The molecule has 2 saturated heterocycles. The summed E-state index contributed by atoms with van der Waals surface area (Å²) in [7, 11) is 0. The van der Waals surface area contributed by atoms with Crippen LogP contribution in [0.25, 0.3) is 0 Å². The second kappa shape index (κ2) is 12.6. The summed E-state index contributed by atoms with van der Waals surface area (Å²) in [6.07, 6.45) is 19.3. The molecule has 1 aliphatic carbocycles. The third kappa shape index (κ3) is 7.02. The lowest BCUT2D eigenvalue weighted by Gasteiger charge is -2.27. The monoisotopic (exact) mass is 478 g/mol. The van der Waals surface area contributed by atoms with E-state index in [9.17, 15) is 19.2 Å². The Kier molecular flexibility index (Phi) is 9.62. The molecule has 0 aromatic heterocycles. The first-order valence-electron chi connectivity index (χ1n) is 13.1. The number of imide groups is 2. The summed E-state index contributed by atoms with van der Waals surface area (Å²) in [5, 5.41) is 2.22. The number of fused-ring (bicyclic) bond motifs is 1. The highest BCUT2D eigenvalue weighted by atomic mass is 16.2. The predicted octanol–water partition coefficient (Wildman–Crippen LogP) is 5.08. The molecule has 2 unspecified atom stereocenters. The molecule has 6 nitrogen and oxygen atoms in total. The highest BCUT2D eigenvalue weighted by molar-refractivity contribution is 6.26. The average molecular weight is 479 g/mol. The van der Waals surface area contributed by atoms with E-state index in [1.54, 1.807) is 12.2 Å². The molecule has 3 aliphatic rings. The molecule has 0 spiro atoms. The number of allylic oxidation sites excluding steroid dienone is 5. The number of nitrogens with one attached hydrogen (secondary N) is 1. The zero-order chi connectivity index (χ0) is 25.4. The average Bonchev–Trinajstić information content (AvgIpc) is 2.95. The number of piperidine rings is 1. The number of nitrogens with zero attached hydrogens (tertiary/aromatic N) is 1. The van der Waals surface area contributed by atoms with Gasteiger partial charge < -0.3 is 0 Å². The minimum Gasteiger partial charge on any atom is -0.295 e. The van der Waals surface area contributed by atoms with Gasteiger partial charge in [-0.05, 0) is 55.2 Å². The zero-order valence-electron chi connectivity index (χ0n) is 21.3. The highest BCUT2D eigenvalue weighted by Crippen LogP contribution is 2.31. The van der Waals surface area contributed by atoms with Crippen LogP contribution in [0.15, 0.2) is 52.8 Å². The van der Waals surface area contributed by atoms with Crippen LogP contribution in [0.1, 0.15) is 85.0 Å². The molecule has 3 rings (SSSR count). The van der Waals surface area contributed by atoms with Crippen LogP contribution >= 0.6 is 0 Å². The van der Waals surface area contributed by atoms with Gasteiger partial charge in [0.25, 0.3) is 11.8 Å². The topological polar surface area (TPSA) is 83.6 Å². The summed E-state index contributed by atoms with van der Waals surface area (Å²) < 4.78 is 0. The Morgan fingerprint density at radius 3 is 2.51 bits per heavy atom. The highest BCUT2D eigenvalue weighted by Gasteiger charge is 2.46. The van der Waals surface area contributed by atoms with Crippen LogP contribution in [0, 0.1) is 11.8 Å². The summed E-state index contributed by atoms with van der Waals surface area (Å²) in [4.78, 5) is 50.7. The van der Waals surface area contributed by atoms with Gasteiger partial charge in [0.15, 0.2) is 0 Å². The van der Waals surface area contributed by atoms with Crippen LogP contribution in [0.5, 0.6) is 0 Å². The number of unbranched alkanes of at least 4 members (excludes halogenated alkanes) is 3. The number of likely N-dealkylation sites (tertiary alicyclic amines) is 1. The van der Waals surface area contributed by atoms with Crippen molar-refractivity contribution in [2.45, 2.75) is 91.0 Å². The molecular formula is C29H38N2O4. The molecule has 0 aromatic rings. The van der Waals surface area contributed by atoms with Crippen molar-refractivity contribution in [3.63, 3.8) is 0 Å². The summed E-state index contributed by atoms with van der Waals surface area (Å²) >= 11 is 0. The lowest BCUT2D eigenvalue weighted by atomic mass is 9.96. The third-order valence-corrected chi connectivity index (χ3v) is 6.92. The molecule has 4 amide bonds. The Morgan fingerprint density at radius 2 is 1.83 bits per heavy atom. The molecule has 0 bridgehead atoms. The van der Waals surface area contributed by atoms with E-state index in [4.69, 9.17) is 0 Å². The molecule has 0 radical (unpaired) electrons. The summed E-state index contributed by atoms with van der Waals surface area (Å²) in [6.45, 7) is 6.77. The third-order valence-electron chi connectivity index (χ3n) is 6.92. The van der Waals surface area contributed by atoms with Gasteiger partial charge in [-0.15, -0.1) is 5.73 Å². The number of carbonyl (C=O) groups is 4. The molecular weight excluding hydrogens is 440 g/mol. The van der Waals surface area contributed by atoms with Crippen LogP contribution in [0.4, 0.5) is 0 Å². The fraction of sp³-hybridized carbons (Fsp3) is 0.552. The first kappa shape index (κ1) is 26.6. The van der Waals surface area contributed by atoms with Crippen molar-refractivity contribution < 1.29 is 19.2 Å². The second-order valence-electron chi connectivity index (χ2n) is 10.1. The number of carbonyl (C=O) groups excluding carboxylic acids is 4. The van der Waals surface area contributed by atoms with Crippen molar-refractivity contribution in [1.82, 2.24) is 10.2 Å². The minimum atomic E-state index is -0.960. The SMILES string of the molecule is CCC(/C=C\CC1=CC=C=C2C(=O)N(C3CCC(=O)NC3=O)C(=O)C2=C1)CCCCCCC(C)C. The van der Waals surface area contributed by atoms with Gasteiger partial charge in [0, 0.05) is 6.42 Å². The van der Waals surface area contributed by atoms with E-state index >= 15 is 0 Å². The summed E-state index contributed by atoms with van der Waals surface area (Å²) in [5.41, 5.74) is 4.28. The molecule has 2 fully saturated rings. The van der Waals surface area contributed by atoms with Gasteiger partial charge in [0.1, 0.15) is 6.04 Å². The fourth-order valence-corrected chi connectivity index (χ4v) is 4.79. The normalized spacial score (nSPS) is 21.2. The van der Waals surface area contributed by atoms with Crippen molar-refractivity contribution >= 4 is 23.6 Å². The van der Waals surface area contributed by atoms with Crippen molar-refractivity contribution in [2.75, 3.05) is 0 Å². The lowest BCUT2D eigenvalue weighted by Crippen LogP contribution is -2.54. The molecule has 6 heteroatoms. The van der Waals surface area contributed by atoms with Gasteiger partial charge in [0.2, 0.25) is 11.8 Å². The lowest BCUT2D eigenvalue weighted by molar-refractivity contribution is -0.149. The smallest absolute Gasteiger partial charge is 0.270 e. The fourth-order valence-electron chi connectivity index (χ4n) is 4.79. The molecule has 188 valence electrons. The number of hydrogen-bond acceptors (Lipinski definition) is 4. The molecule has 0 aromatic carbocycles. The Bertz CT molecular complexity index is 1010. The second-order valence-corrected chi connectivity index (χ2v) is 10.1. The van der Waals surface area contributed by atoms with E-state index < -0.39 is 23.8 Å². The maximum atomic E-state index is 13.1. The van der Waals surface area contributed by atoms with E-state index in [1.807, 2.05) is 6.08 Å². The summed E-state index contributed by atoms with van der Waals surface area (Å²) in [5.74, 6) is -0.687. The van der Waals surface area contributed by atoms with E-state index in [1.165, 1.54) is 38.5 Å². The van der Waals surface area contributed by atoms with Gasteiger partial charge in [-0.1, -0.05) is 71.1 Å². The van der Waals surface area contributed by atoms with Crippen LogP contribution in [0.3, 0.4) is 0 Å². The number of hydrogen-bond donors (Lipinski definition) is 1. The van der Waals surface area contributed by atoms with Crippen LogP contribution in [-0.4, -0.2) is 34.6 Å². The van der Waals surface area contributed by atoms with Crippen LogP contribution in [-0.2, 0) is 19.2 Å². The molecule has 1 N–H and O–H groups in total. The van der Waals surface area contributed by atoms with E-state index in [-0.39, 0.29) is 29.9 Å². The Morgan fingerprint density at radius 1 is 1.09 bits per heavy atom. The Hall–Kier alpha value is -2.98. The maximum Gasteiger partial charge on any atom is 0.270 e. The van der Waals surface area contributed by atoms with E-state index in [0.29, 0.717) is 12.3 Å². The summed E-state index contributed by atoms with van der Waals surface area (Å²) in [6, 6.07) is -0.960. The standard InChI is InChI=1S/C29H38N2O4/c1-4-21(12-8-6-5-7-11-20(2)3)13-9-14-22-15-10-16-23-24(19-22)29(35)31(28(23)34)25-17-18-26(32)30-27(25)33/h9-10,13,15,19-21,25H,4-8,11-12,14,17-18H2,1-3H3,(H,30,32,33)/b13-9-. The van der Waals surface area contributed by atoms with Gasteiger partial charge in [0.05, 0.1) is 11.1 Å². The molecule has 35 heavy (non-hydrogen) atoms. The largest absolute Gasteiger partial charge is 0.295 e. The molecule has 2 heterocycles. The predicted molar refractivity (Wildman–Crippen MR) is 136 cm³/mol. The molecule has 2 aliphatic heterocycles. The van der Waals surface area contributed by atoms with Gasteiger partial charge >= 0.3 is 0 Å². The van der Waals surface area contributed by atoms with Crippen LogP contribution in [0.2, 0.25) is 0 Å². The molecule has 0 saturated carbocycles. The Balaban J connectivity index is 1.57. The van der Waals surface area contributed by atoms with Gasteiger partial charge in [-0.2, -0.15) is 0 Å². The van der Waals surface area contributed by atoms with Crippen molar-refractivity contribution in [2.24, 2.45) is 11.8 Å². The van der Waals surface area contributed by atoms with Gasteiger partial charge in [-0.25, -0.2) is 0 Å². The zero-order valence-corrected chi connectivity index (χ0v) is 21.3. The Labute approximate surface area is 208 Å². The van der Waals surface area contributed by atoms with Gasteiger partial charge in [-0.3, -0.25) is 29.4 Å². The van der Waals surface area contributed by atoms with Crippen molar-refractivity contribution in [3.8, 4) is 0 Å². The quantitative estimate of drug-likeness (QED) is 0.184. The van der Waals surface area contributed by atoms with E-state index in [2.05, 4.69) is 44.0 Å². The first-order chi connectivity index (χ1) is 16.8.